The molecule has 0 unspecified atom stereocenters. The topological polar surface area (TPSA) is 61.0 Å². The van der Waals surface area contributed by atoms with Gasteiger partial charge in [0.05, 0.1) is 0 Å². The van der Waals surface area contributed by atoms with Crippen LogP contribution in [0.1, 0.15) is 0 Å². The molecule has 94 valence electrons. The van der Waals surface area contributed by atoms with Crippen molar-refractivity contribution in [1.82, 2.24) is 9.97 Å². The Morgan fingerprint density at radius 3 is 2.79 bits per heavy atom. The predicted molar refractivity (Wildman–Crippen MR) is 75.5 cm³/mol. The lowest BCUT2D eigenvalue weighted by Crippen LogP contribution is -1.93. The van der Waals surface area contributed by atoms with Crippen LogP contribution in [0.3, 0.4) is 0 Å². The molecule has 5 heteroatoms. The van der Waals surface area contributed by atoms with E-state index in [0.717, 1.165) is 5.39 Å². The number of nitrogens with zero attached hydrogens (tertiary/aromatic N) is 2. The molecule has 3 rings (SSSR count). The van der Waals surface area contributed by atoms with Crippen LogP contribution in [-0.4, -0.2) is 9.97 Å². The van der Waals surface area contributed by atoms with Gasteiger partial charge in [-0.1, -0.05) is 11.6 Å². The summed E-state index contributed by atoms with van der Waals surface area (Å²) in [5.74, 6) is 1.14. The Labute approximate surface area is 114 Å². The van der Waals surface area contributed by atoms with E-state index in [0.29, 0.717) is 27.7 Å². The number of fused-ring (bicyclic) bond motifs is 1. The lowest BCUT2D eigenvalue weighted by Gasteiger charge is -2.10. The van der Waals surface area contributed by atoms with E-state index in [1.807, 2.05) is 12.1 Å². The smallest absolute Gasteiger partial charge is 0.153 e. The average Bonchev–Trinajstić information content (AvgIpc) is 2.44. The Bertz CT molecular complexity index is 746. The third kappa shape index (κ3) is 2.18. The van der Waals surface area contributed by atoms with Gasteiger partial charge in [0.25, 0.3) is 0 Å². The first-order valence-electron chi connectivity index (χ1n) is 5.66. The minimum atomic E-state index is 0.448. The molecule has 2 aromatic heterocycles. The highest BCUT2D eigenvalue weighted by molar-refractivity contribution is 6.31. The highest BCUT2D eigenvalue weighted by atomic mass is 35.5. The van der Waals surface area contributed by atoms with E-state index in [-0.39, 0.29) is 0 Å². The quantitative estimate of drug-likeness (QED) is 0.723. The molecule has 0 saturated carbocycles. The summed E-state index contributed by atoms with van der Waals surface area (Å²) in [4.78, 5) is 8.22. The fourth-order valence-electron chi connectivity index (χ4n) is 1.81. The molecule has 0 saturated heterocycles. The number of nitrogen functional groups attached to an aromatic ring is 1. The van der Waals surface area contributed by atoms with E-state index in [9.17, 15) is 0 Å². The van der Waals surface area contributed by atoms with E-state index < -0.39 is 0 Å². The minimum Gasteiger partial charge on any atom is -0.453 e. The van der Waals surface area contributed by atoms with Crippen LogP contribution in [-0.2, 0) is 0 Å². The second kappa shape index (κ2) is 4.74. The van der Waals surface area contributed by atoms with Gasteiger partial charge in [-0.25, -0.2) is 0 Å². The summed E-state index contributed by atoms with van der Waals surface area (Å²) in [7, 11) is 0. The van der Waals surface area contributed by atoms with E-state index in [4.69, 9.17) is 22.1 Å². The molecule has 0 spiro atoms. The van der Waals surface area contributed by atoms with E-state index in [2.05, 4.69) is 9.97 Å². The van der Waals surface area contributed by atoms with Gasteiger partial charge in [0.2, 0.25) is 0 Å². The summed E-state index contributed by atoms with van der Waals surface area (Å²) in [6, 6.07) is 9.00. The molecule has 0 radical (unpaired) electrons. The van der Waals surface area contributed by atoms with Crippen LogP contribution in [0.5, 0.6) is 11.5 Å². The van der Waals surface area contributed by atoms with Crippen molar-refractivity contribution >= 4 is 28.2 Å². The monoisotopic (exact) mass is 271 g/mol. The van der Waals surface area contributed by atoms with Crippen LogP contribution in [0.25, 0.3) is 10.9 Å². The van der Waals surface area contributed by atoms with Crippen molar-refractivity contribution in [3.8, 4) is 11.5 Å². The molecule has 2 heterocycles. The molecule has 1 aromatic carbocycles. The fraction of sp³-hybridized carbons (Fsp3) is 0. The molecule has 0 amide bonds. The number of aromatic nitrogens is 2. The third-order valence-electron chi connectivity index (χ3n) is 2.72. The number of benzene rings is 1. The van der Waals surface area contributed by atoms with E-state index in [1.54, 1.807) is 30.6 Å². The second-order valence-electron chi connectivity index (χ2n) is 3.96. The van der Waals surface area contributed by atoms with Crippen LogP contribution in [0.15, 0.2) is 48.9 Å². The van der Waals surface area contributed by atoms with Gasteiger partial charge in [-0.15, -0.1) is 0 Å². The Hall–Kier alpha value is -2.33. The van der Waals surface area contributed by atoms with Crippen molar-refractivity contribution in [2.75, 3.05) is 5.73 Å². The van der Waals surface area contributed by atoms with Crippen molar-refractivity contribution < 1.29 is 4.74 Å². The largest absolute Gasteiger partial charge is 0.453 e. The van der Waals surface area contributed by atoms with E-state index >= 15 is 0 Å². The van der Waals surface area contributed by atoms with E-state index in [1.165, 1.54) is 6.20 Å². The number of hydrogen-bond donors (Lipinski definition) is 1. The zero-order chi connectivity index (χ0) is 13.2. The highest BCUT2D eigenvalue weighted by Crippen LogP contribution is 2.34. The van der Waals surface area contributed by atoms with Crippen molar-refractivity contribution in [2.45, 2.75) is 0 Å². The third-order valence-corrected chi connectivity index (χ3v) is 3.01. The lowest BCUT2D eigenvalue weighted by molar-refractivity contribution is 0.487. The summed E-state index contributed by atoms with van der Waals surface area (Å²) >= 11 is 6.02. The zero-order valence-electron chi connectivity index (χ0n) is 9.88. The summed E-state index contributed by atoms with van der Waals surface area (Å²) in [6.45, 7) is 0. The van der Waals surface area contributed by atoms with Crippen molar-refractivity contribution in [2.24, 2.45) is 0 Å². The summed E-state index contributed by atoms with van der Waals surface area (Å²) in [6.07, 6.45) is 4.85. The Kier molecular flexibility index (Phi) is 2.93. The molecule has 4 nitrogen and oxygen atoms in total. The highest BCUT2D eigenvalue weighted by Gasteiger charge is 2.09. The molecule has 0 aliphatic rings. The summed E-state index contributed by atoms with van der Waals surface area (Å²) < 4.78 is 5.79. The number of pyridine rings is 2. The van der Waals surface area contributed by atoms with Crippen LogP contribution in [0.4, 0.5) is 5.69 Å². The average molecular weight is 272 g/mol. The number of hydrogen-bond acceptors (Lipinski definition) is 4. The van der Waals surface area contributed by atoms with Crippen molar-refractivity contribution in [3.05, 3.63) is 53.9 Å². The van der Waals surface area contributed by atoms with Gasteiger partial charge in [-0.3, -0.25) is 9.97 Å². The number of halogens is 1. The van der Waals surface area contributed by atoms with Crippen molar-refractivity contribution in [3.63, 3.8) is 0 Å². The number of ether oxygens (including phenoxy) is 1. The fourth-order valence-corrected chi connectivity index (χ4v) is 1.97. The summed E-state index contributed by atoms with van der Waals surface area (Å²) in [5, 5.41) is 1.30. The van der Waals surface area contributed by atoms with Crippen LogP contribution in [0.2, 0.25) is 5.02 Å². The van der Waals surface area contributed by atoms with Gasteiger partial charge < -0.3 is 10.5 Å². The molecule has 19 heavy (non-hydrogen) atoms. The Morgan fingerprint density at radius 1 is 1.05 bits per heavy atom. The first-order chi connectivity index (χ1) is 9.25. The predicted octanol–water partition coefficient (Wildman–Crippen LogP) is 3.66. The van der Waals surface area contributed by atoms with Gasteiger partial charge in [-0.05, 0) is 24.3 Å². The molecule has 0 fully saturated rings. The molecule has 3 aromatic rings. The first-order valence-corrected chi connectivity index (χ1v) is 6.04. The SMILES string of the molecule is Nc1ccc(Oc2ccncc2Cl)c2ncccc12. The lowest BCUT2D eigenvalue weighted by atomic mass is 10.1. The number of anilines is 1. The van der Waals surface area contributed by atoms with Gasteiger partial charge in [0.1, 0.15) is 16.3 Å². The maximum Gasteiger partial charge on any atom is 0.153 e. The molecular weight excluding hydrogens is 262 g/mol. The Balaban J connectivity index is 2.12. The minimum absolute atomic E-state index is 0.448. The normalized spacial score (nSPS) is 10.6. The first kappa shape index (κ1) is 11.7. The molecule has 0 bridgehead atoms. The molecule has 0 aliphatic heterocycles. The summed E-state index contributed by atoms with van der Waals surface area (Å²) in [5.41, 5.74) is 7.28. The van der Waals surface area contributed by atoms with Gasteiger partial charge in [-0.2, -0.15) is 0 Å². The second-order valence-corrected chi connectivity index (χ2v) is 4.37. The molecule has 2 N–H and O–H groups in total. The van der Waals surface area contributed by atoms with Gasteiger partial charge >= 0.3 is 0 Å². The zero-order valence-corrected chi connectivity index (χ0v) is 10.6. The Morgan fingerprint density at radius 2 is 1.95 bits per heavy atom. The van der Waals surface area contributed by atoms with Crippen LogP contribution < -0.4 is 10.5 Å². The maximum absolute atomic E-state index is 6.02. The number of nitrogens with two attached hydrogens (primary N) is 1. The molecule has 0 atom stereocenters. The van der Waals surface area contributed by atoms with Crippen LogP contribution >= 0.6 is 11.6 Å². The van der Waals surface area contributed by atoms with Crippen LogP contribution in [0, 0.1) is 0 Å². The standard InChI is InChI=1S/C14H10ClN3O/c15-10-8-17-7-5-12(10)19-13-4-3-11(16)9-2-1-6-18-14(9)13/h1-8H,16H2. The number of rotatable bonds is 2. The molecular formula is C14H10ClN3O. The van der Waals surface area contributed by atoms with Crippen molar-refractivity contribution in [1.29, 1.82) is 0 Å². The maximum atomic E-state index is 6.02. The van der Waals surface area contributed by atoms with Gasteiger partial charge in [0, 0.05) is 35.7 Å². The molecule has 0 aliphatic carbocycles. The van der Waals surface area contributed by atoms with Gasteiger partial charge in [0.15, 0.2) is 5.75 Å².